The van der Waals surface area contributed by atoms with Gasteiger partial charge in [0.25, 0.3) is 0 Å². The lowest BCUT2D eigenvalue weighted by Crippen LogP contribution is -2.55. The Balaban J connectivity index is 1.73. The van der Waals surface area contributed by atoms with Crippen LogP contribution in [0.5, 0.6) is 0 Å². The Kier molecular flexibility index (Phi) is 4.63. The number of piperidine rings is 1. The van der Waals surface area contributed by atoms with Crippen LogP contribution in [0, 0.1) is 0 Å². The van der Waals surface area contributed by atoms with E-state index in [1.807, 2.05) is 22.9 Å². The number of carboxylic acids is 1. The van der Waals surface area contributed by atoms with E-state index in [0.717, 1.165) is 31.7 Å². The molecule has 0 saturated carbocycles. The van der Waals surface area contributed by atoms with E-state index in [1.54, 1.807) is 6.20 Å². The fourth-order valence-electron chi connectivity index (χ4n) is 3.08. The van der Waals surface area contributed by atoms with Crippen molar-refractivity contribution in [3.63, 3.8) is 0 Å². The number of aliphatic carboxylic acids is 1. The van der Waals surface area contributed by atoms with Gasteiger partial charge in [-0.15, -0.1) is 0 Å². The van der Waals surface area contributed by atoms with Crippen molar-refractivity contribution in [1.82, 2.24) is 14.9 Å². The highest BCUT2D eigenvalue weighted by molar-refractivity contribution is 5.74. The van der Waals surface area contributed by atoms with Crippen molar-refractivity contribution in [3.8, 4) is 0 Å². The summed E-state index contributed by atoms with van der Waals surface area (Å²) in [4.78, 5) is 26.2. The number of likely N-dealkylation sites (N-methyl/N-ethyl adjacent to an activating group) is 1. The molecular weight excluding hydrogens is 298 g/mol. The monoisotopic (exact) mass is 321 g/mol. The van der Waals surface area contributed by atoms with Crippen LogP contribution in [0.1, 0.15) is 12.8 Å². The van der Waals surface area contributed by atoms with E-state index in [2.05, 4.69) is 14.9 Å². The van der Waals surface area contributed by atoms with Gasteiger partial charge in [-0.25, -0.2) is 4.98 Å². The summed E-state index contributed by atoms with van der Waals surface area (Å²) in [6, 6.07) is 1.33. The molecule has 0 bridgehead atoms. The number of carbonyl (C=O) groups is 1. The van der Waals surface area contributed by atoms with E-state index >= 15 is 0 Å². The zero-order chi connectivity index (χ0) is 16.4. The van der Waals surface area contributed by atoms with Crippen LogP contribution >= 0.6 is 0 Å². The molecule has 0 spiro atoms. The molecule has 23 heavy (non-hydrogen) atoms. The van der Waals surface area contributed by atoms with Crippen LogP contribution in [-0.2, 0) is 4.79 Å². The summed E-state index contributed by atoms with van der Waals surface area (Å²) in [5, 5.41) is 18.9. The van der Waals surface area contributed by atoms with Crippen LogP contribution < -0.4 is 9.80 Å². The predicted octanol–water partition coefficient (Wildman–Crippen LogP) is -0.357. The first-order valence-corrected chi connectivity index (χ1v) is 7.98. The van der Waals surface area contributed by atoms with Gasteiger partial charge in [-0.3, -0.25) is 9.69 Å². The summed E-state index contributed by atoms with van der Waals surface area (Å²) < 4.78 is 0. The summed E-state index contributed by atoms with van der Waals surface area (Å²) in [5.74, 6) is 0.596. The van der Waals surface area contributed by atoms with Crippen molar-refractivity contribution in [2.45, 2.75) is 25.0 Å². The lowest BCUT2D eigenvalue weighted by atomic mass is 10.1. The summed E-state index contributed by atoms with van der Waals surface area (Å²) in [5.41, 5.74) is 0. The number of aliphatic hydroxyl groups excluding tert-OH is 1. The zero-order valence-corrected chi connectivity index (χ0v) is 13.3. The first-order chi connectivity index (χ1) is 11.0. The van der Waals surface area contributed by atoms with Gasteiger partial charge in [-0.1, -0.05) is 0 Å². The maximum absolute atomic E-state index is 11.3. The van der Waals surface area contributed by atoms with Gasteiger partial charge in [0.05, 0.1) is 6.10 Å². The fraction of sp³-hybridized carbons (Fsp3) is 0.667. The molecule has 3 rings (SSSR count). The molecule has 8 heteroatoms. The molecule has 0 aromatic carbocycles. The molecule has 0 aliphatic carbocycles. The topological polar surface area (TPSA) is 93.0 Å². The van der Waals surface area contributed by atoms with E-state index in [4.69, 9.17) is 0 Å². The Morgan fingerprint density at radius 2 is 1.96 bits per heavy atom. The van der Waals surface area contributed by atoms with E-state index in [1.165, 1.54) is 0 Å². The van der Waals surface area contributed by atoms with Crippen molar-refractivity contribution < 1.29 is 15.0 Å². The first kappa shape index (κ1) is 15.9. The van der Waals surface area contributed by atoms with Gasteiger partial charge in [-0.05, 0) is 26.0 Å². The Morgan fingerprint density at radius 3 is 2.65 bits per heavy atom. The number of aromatic nitrogens is 2. The van der Waals surface area contributed by atoms with E-state index < -0.39 is 12.0 Å². The average Bonchev–Trinajstić information content (AvgIpc) is 2.56. The number of hydrogen-bond acceptors (Lipinski definition) is 7. The second kappa shape index (κ2) is 6.67. The Bertz CT molecular complexity index is 562. The molecule has 2 fully saturated rings. The van der Waals surface area contributed by atoms with Crippen LogP contribution in [-0.4, -0.2) is 83.0 Å². The van der Waals surface area contributed by atoms with Gasteiger partial charge in [0.1, 0.15) is 11.9 Å². The molecule has 2 aliphatic rings. The van der Waals surface area contributed by atoms with Gasteiger partial charge in [0.2, 0.25) is 5.95 Å². The molecule has 2 saturated heterocycles. The second-order valence-electron chi connectivity index (χ2n) is 6.21. The highest BCUT2D eigenvalue weighted by Crippen LogP contribution is 2.21. The molecule has 0 radical (unpaired) electrons. The van der Waals surface area contributed by atoms with E-state index in [0.29, 0.717) is 25.6 Å². The standard InChI is InChI=1S/C15H23N5O3/c1-18-8-9-20(10-12(18)14(22)23)15-16-5-2-13(17-15)19-6-3-11(21)4-7-19/h2,5,11-12,21H,3-4,6-10H2,1H3,(H,22,23)/t12-/m0/s1. The van der Waals surface area contributed by atoms with Crippen LogP contribution in [0.3, 0.4) is 0 Å². The molecule has 2 N–H and O–H groups in total. The molecule has 1 aromatic rings. The van der Waals surface area contributed by atoms with Gasteiger partial charge in [0, 0.05) is 38.9 Å². The quantitative estimate of drug-likeness (QED) is 0.780. The lowest BCUT2D eigenvalue weighted by Gasteiger charge is -2.37. The van der Waals surface area contributed by atoms with Crippen molar-refractivity contribution in [2.24, 2.45) is 0 Å². The lowest BCUT2D eigenvalue weighted by molar-refractivity contribution is -0.142. The fourth-order valence-corrected chi connectivity index (χ4v) is 3.08. The van der Waals surface area contributed by atoms with E-state index in [9.17, 15) is 15.0 Å². The smallest absolute Gasteiger partial charge is 0.322 e. The van der Waals surface area contributed by atoms with Crippen molar-refractivity contribution in [3.05, 3.63) is 12.3 Å². The number of piperazine rings is 1. The summed E-state index contributed by atoms with van der Waals surface area (Å²) >= 11 is 0. The normalized spacial score (nSPS) is 24.0. The van der Waals surface area contributed by atoms with Gasteiger partial charge >= 0.3 is 5.97 Å². The number of nitrogens with zero attached hydrogens (tertiary/aromatic N) is 5. The minimum Gasteiger partial charge on any atom is -0.480 e. The Labute approximate surface area is 135 Å². The predicted molar refractivity (Wildman–Crippen MR) is 85.8 cm³/mol. The minimum absolute atomic E-state index is 0.221. The van der Waals surface area contributed by atoms with Gasteiger partial charge < -0.3 is 20.0 Å². The first-order valence-electron chi connectivity index (χ1n) is 7.98. The Morgan fingerprint density at radius 1 is 1.22 bits per heavy atom. The van der Waals surface area contributed by atoms with Crippen LogP contribution in [0.15, 0.2) is 12.3 Å². The third kappa shape index (κ3) is 3.53. The number of hydrogen-bond donors (Lipinski definition) is 2. The molecule has 2 aliphatic heterocycles. The molecule has 3 heterocycles. The van der Waals surface area contributed by atoms with Crippen molar-refractivity contribution >= 4 is 17.7 Å². The minimum atomic E-state index is -0.821. The summed E-state index contributed by atoms with van der Waals surface area (Å²) in [7, 11) is 1.83. The molecule has 126 valence electrons. The third-order valence-electron chi connectivity index (χ3n) is 4.63. The summed E-state index contributed by atoms with van der Waals surface area (Å²) in [6.45, 7) is 3.31. The number of anilines is 2. The SMILES string of the molecule is CN1CCN(c2nccc(N3CCC(O)CC3)n2)C[C@H]1C(=O)O. The molecule has 1 atom stereocenters. The molecule has 1 aromatic heterocycles. The summed E-state index contributed by atoms with van der Waals surface area (Å²) in [6.07, 6.45) is 2.99. The van der Waals surface area contributed by atoms with Crippen LogP contribution in [0.25, 0.3) is 0 Å². The maximum Gasteiger partial charge on any atom is 0.322 e. The highest BCUT2D eigenvalue weighted by Gasteiger charge is 2.31. The number of rotatable bonds is 3. The number of aliphatic hydroxyl groups is 1. The van der Waals surface area contributed by atoms with Gasteiger partial charge in [0.15, 0.2) is 0 Å². The Hall–Kier alpha value is -1.93. The highest BCUT2D eigenvalue weighted by atomic mass is 16.4. The van der Waals surface area contributed by atoms with Crippen LogP contribution in [0.4, 0.5) is 11.8 Å². The van der Waals surface area contributed by atoms with E-state index in [-0.39, 0.29) is 6.10 Å². The van der Waals surface area contributed by atoms with Crippen LogP contribution in [0.2, 0.25) is 0 Å². The average molecular weight is 321 g/mol. The zero-order valence-electron chi connectivity index (χ0n) is 13.3. The molecular formula is C15H23N5O3. The second-order valence-corrected chi connectivity index (χ2v) is 6.21. The largest absolute Gasteiger partial charge is 0.480 e. The number of carboxylic acid groups (broad SMARTS) is 1. The molecule has 8 nitrogen and oxygen atoms in total. The molecule has 0 amide bonds. The van der Waals surface area contributed by atoms with Crippen molar-refractivity contribution in [2.75, 3.05) is 49.6 Å². The van der Waals surface area contributed by atoms with Crippen molar-refractivity contribution in [1.29, 1.82) is 0 Å². The maximum atomic E-state index is 11.3. The third-order valence-corrected chi connectivity index (χ3v) is 4.63. The van der Waals surface area contributed by atoms with Gasteiger partial charge in [-0.2, -0.15) is 4.98 Å². The molecule has 0 unspecified atom stereocenters.